The molecule has 5 heteroatoms. The molecular weight excluding hydrogens is 270 g/mol. The van der Waals surface area contributed by atoms with Gasteiger partial charge in [0.2, 0.25) is 0 Å². The lowest BCUT2D eigenvalue weighted by Crippen LogP contribution is -2.12. The van der Waals surface area contributed by atoms with Gasteiger partial charge in [0, 0.05) is 4.90 Å². The molecule has 0 radical (unpaired) electrons. The molecule has 2 aromatic carbocycles. The molecule has 0 aromatic heterocycles. The Morgan fingerprint density at radius 3 is 2.47 bits per heavy atom. The summed E-state index contributed by atoms with van der Waals surface area (Å²) in [5, 5.41) is 0. The van der Waals surface area contributed by atoms with E-state index in [-0.39, 0.29) is 16.2 Å². The second kappa shape index (κ2) is 5.84. The topological polar surface area (TPSA) is 34.1 Å². The summed E-state index contributed by atoms with van der Waals surface area (Å²) in [5.74, 6) is -2.11. The van der Waals surface area contributed by atoms with Crippen LogP contribution in [0.3, 0.4) is 0 Å². The highest BCUT2D eigenvalue weighted by Gasteiger charge is 2.15. The fourth-order valence-corrected chi connectivity index (χ4v) is 2.61. The fraction of sp³-hybridized carbons (Fsp3) is 0.0714. The monoisotopic (exact) mass is 280 g/mol. The normalized spacial score (nSPS) is 12.1. The minimum Gasteiger partial charge on any atom is -0.293 e. The number of rotatable bonds is 4. The van der Waals surface area contributed by atoms with Crippen LogP contribution in [0, 0.1) is 11.6 Å². The predicted octanol–water partition coefficient (Wildman–Crippen LogP) is 2.96. The van der Waals surface area contributed by atoms with Crippen LogP contribution in [0.15, 0.2) is 53.4 Å². The van der Waals surface area contributed by atoms with Crippen LogP contribution in [0.2, 0.25) is 0 Å². The summed E-state index contributed by atoms with van der Waals surface area (Å²) >= 11 is 0. The van der Waals surface area contributed by atoms with Crippen molar-refractivity contribution in [1.29, 1.82) is 0 Å². The third-order valence-corrected chi connectivity index (χ3v) is 3.80. The first-order chi connectivity index (χ1) is 9.08. The van der Waals surface area contributed by atoms with E-state index in [2.05, 4.69) is 0 Å². The number of Topliss-reactive ketones (excluding diaryl/α,β-unsaturated/α-hetero) is 1. The van der Waals surface area contributed by atoms with Gasteiger partial charge in [-0.15, -0.1) is 0 Å². The van der Waals surface area contributed by atoms with Gasteiger partial charge in [-0.1, -0.05) is 18.2 Å². The van der Waals surface area contributed by atoms with Gasteiger partial charge < -0.3 is 0 Å². The quantitative estimate of drug-likeness (QED) is 0.807. The van der Waals surface area contributed by atoms with Gasteiger partial charge in [0.25, 0.3) is 0 Å². The van der Waals surface area contributed by atoms with Crippen molar-refractivity contribution < 1.29 is 17.8 Å². The SMILES string of the molecule is O=C(CS(=O)c1cccc(F)c1)c1ccccc1F. The van der Waals surface area contributed by atoms with Crippen molar-refractivity contribution in [1.82, 2.24) is 0 Å². The van der Waals surface area contributed by atoms with Crippen LogP contribution in [0.4, 0.5) is 8.78 Å². The first-order valence-corrected chi connectivity index (χ1v) is 6.81. The molecule has 1 atom stereocenters. The van der Waals surface area contributed by atoms with Crippen LogP contribution >= 0.6 is 0 Å². The molecule has 1 unspecified atom stereocenters. The van der Waals surface area contributed by atoms with Crippen LogP contribution < -0.4 is 0 Å². The van der Waals surface area contributed by atoms with Crippen molar-refractivity contribution in [2.24, 2.45) is 0 Å². The Bertz CT molecular complexity index is 641. The zero-order chi connectivity index (χ0) is 13.8. The maximum absolute atomic E-state index is 13.4. The standard InChI is InChI=1S/C14H10F2O2S/c15-10-4-3-5-11(8-10)19(18)9-14(17)12-6-1-2-7-13(12)16/h1-8H,9H2. The molecule has 2 nitrogen and oxygen atoms in total. The predicted molar refractivity (Wildman–Crippen MR) is 68.4 cm³/mol. The van der Waals surface area contributed by atoms with Crippen LogP contribution in [-0.2, 0) is 10.8 Å². The molecule has 19 heavy (non-hydrogen) atoms. The third-order valence-electron chi connectivity index (χ3n) is 2.50. The van der Waals surface area contributed by atoms with E-state index in [4.69, 9.17) is 0 Å². The van der Waals surface area contributed by atoms with E-state index in [9.17, 15) is 17.8 Å². The molecule has 0 fully saturated rings. The smallest absolute Gasteiger partial charge is 0.178 e. The highest BCUT2D eigenvalue weighted by Crippen LogP contribution is 2.12. The lowest BCUT2D eigenvalue weighted by atomic mass is 10.1. The summed E-state index contributed by atoms with van der Waals surface area (Å²) in [7, 11) is -1.69. The lowest BCUT2D eigenvalue weighted by molar-refractivity contribution is 0.101. The third kappa shape index (κ3) is 3.32. The second-order valence-electron chi connectivity index (χ2n) is 3.85. The molecule has 2 aromatic rings. The van der Waals surface area contributed by atoms with Gasteiger partial charge >= 0.3 is 0 Å². The Kier molecular flexibility index (Phi) is 4.16. The Morgan fingerprint density at radius 1 is 1.05 bits per heavy atom. The van der Waals surface area contributed by atoms with E-state index in [0.29, 0.717) is 0 Å². The lowest BCUT2D eigenvalue weighted by Gasteiger charge is -2.03. The van der Waals surface area contributed by atoms with Crippen LogP contribution in [0.1, 0.15) is 10.4 Å². The number of halogens is 2. The van der Waals surface area contributed by atoms with Crippen molar-refractivity contribution in [2.45, 2.75) is 4.90 Å². The molecule has 0 saturated heterocycles. The van der Waals surface area contributed by atoms with E-state index >= 15 is 0 Å². The molecule has 0 bridgehead atoms. The Balaban J connectivity index is 2.16. The Hall–Kier alpha value is -1.88. The zero-order valence-electron chi connectivity index (χ0n) is 9.81. The van der Waals surface area contributed by atoms with Crippen LogP contribution in [0.25, 0.3) is 0 Å². The molecule has 0 heterocycles. The molecule has 98 valence electrons. The molecule has 0 N–H and O–H groups in total. The molecule has 0 aliphatic carbocycles. The van der Waals surface area contributed by atoms with Crippen molar-refractivity contribution in [3.05, 3.63) is 65.7 Å². The van der Waals surface area contributed by atoms with Crippen molar-refractivity contribution in [3.8, 4) is 0 Å². The molecule has 0 aliphatic heterocycles. The first-order valence-electron chi connectivity index (χ1n) is 5.49. The summed E-state index contributed by atoms with van der Waals surface area (Å²) in [4.78, 5) is 12.0. The molecule has 0 aliphatic rings. The van der Waals surface area contributed by atoms with E-state index in [1.54, 1.807) is 0 Å². The van der Waals surface area contributed by atoms with Gasteiger partial charge in [-0.2, -0.15) is 0 Å². The molecule has 0 amide bonds. The number of ketones is 1. The van der Waals surface area contributed by atoms with Crippen molar-refractivity contribution >= 4 is 16.6 Å². The molecule has 2 rings (SSSR count). The molecular formula is C14H10F2O2S. The van der Waals surface area contributed by atoms with E-state index in [1.807, 2.05) is 0 Å². The Labute approximate surface area is 111 Å². The van der Waals surface area contributed by atoms with Crippen molar-refractivity contribution in [2.75, 3.05) is 5.75 Å². The summed E-state index contributed by atoms with van der Waals surface area (Å²) in [6.45, 7) is 0. The number of carbonyl (C=O) groups is 1. The number of benzene rings is 2. The van der Waals surface area contributed by atoms with Gasteiger partial charge in [-0.05, 0) is 30.3 Å². The van der Waals surface area contributed by atoms with E-state index in [1.165, 1.54) is 42.5 Å². The van der Waals surface area contributed by atoms with Gasteiger partial charge in [0.15, 0.2) is 5.78 Å². The average molecular weight is 280 g/mol. The maximum Gasteiger partial charge on any atom is 0.178 e. The first kappa shape index (κ1) is 13.5. The minimum absolute atomic E-state index is 0.104. The Morgan fingerprint density at radius 2 is 1.79 bits per heavy atom. The van der Waals surface area contributed by atoms with Gasteiger partial charge in [-0.25, -0.2) is 8.78 Å². The summed E-state index contributed by atoms with van der Waals surface area (Å²) < 4.78 is 38.2. The zero-order valence-corrected chi connectivity index (χ0v) is 10.6. The number of hydrogen-bond acceptors (Lipinski definition) is 2. The fourth-order valence-electron chi connectivity index (χ4n) is 1.58. The van der Waals surface area contributed by atoms with Gasteiger partial charge in [0.1, 0.15) is 11.6 Å². The van der Waals surface area contributed by atoms with E-state index in [0.717, 1.165) is 6.07 Å². The number of carbonyl (C=O) groups excluding carboxylic acids is 1. The van der Waals surface area contributed by atoms with Crippen LogP contribution in [-0.4, -0.2) is 15.7 Å². The highest BCUT2D eigenvalue weighted by molar-refractivity contribution is 7.85. The average Bonchev–Trinajstić information content (AvgIpc) is 2.39. The largest absolute Gasteiger partial charge is 0.293 e. The molecule has 0 spiro atoms. The van der Waals surface area contributed by atoms with Gasteiger partial charge in [-0.3, -0.25) is 9.00 Å². The summed E-state index contributed by atoms with van der Waals surface area (Å²) in [6, 6.07) is 10.7. The van der Waals surface area contributed by atoms with Gasteiger partial charge in [0.05, 0.1) is 22.1 Å². The van der Waals surface area contributed by atoms with E-state index < -0.39 is 28.2 Å². The second-order valence-corrected chi connectivity index (χ2v) is 5.30. The molecule has 0 saturated carbocycles. The maximum atomic E-state index is 13.4. The highest BCUT2D eigenvalue weighted by atomic mass is 32.2. The summed E-state index contributed by atoms with van der Waals surface area (Å²) in [5.41, 5.74) is -0.104. The van der Waals surface area contributed by atoms with Crippen LogP contribution in [0.5, 0.6) is 0 Å². The minimum atomic E-state index is -1.69. The summed E-state index contributed by atoms with van der Waals surface area (Å²) in [6.07, 6.45) is 0. The number of hydrogen-bond donors (Lipinski definition) is 0. The van der Waals surface area contributed by atoms with Crippen molar-refractivity contribution in [3.63, 3.8) is 0 Å².